The first-order valence-corrected chi connectivity index (χ1v) is 13.3. The van der Waals surface area contributed by atoms with Gasteiger partial charge in [0, 0.05) is 5.92 Å². The van der Waals surface area contributed by atoms with E-state index in [-0.39, 0.29) is 5.92 Å². The zero-order chi connectivity index (χ0) is 29.1. The lowest BCUT2D eigenvalue weighted by molar-refractivity contribution is -0.138. The summed E-state index contributed by atoms with van der Waals surface area (Å²) in [5, 5.41) is 0. The second-order valence-electron chi connectivity index (χ2n) is 10.9. The van der Waals surface area contributed by atoms with Gasteiger partial charge in [-0.1, -0.05) is 106 Å². The number of halogens is 6. The van der Waals surface area contributed by atoms with Crippen molar-refractivity contribution in [2.24, 2.45) is 11.8 Å². The summed E-state index contributed by atoms with van der Waals surface area (Å²) in [5.41, 5.74) is 3.30. The Morgan fingerprint density at radius 1 is 0.525 bits per heavy atom. The van der Waals surface area contributed by atoms with Gasteiger partial charge in [0.25, 0.3) is 0 Å². The Kier molecular flexibility index (Phi) is 8.77. The van der Waals surface area contributed by atoms with Crippen LogP contribution in [-0.2, 0) is 25.2 Å². The van der Waals surface area contributed by atoms with Crippen molar-refractivity contribution in [2.75, 3.05) is 0 Å². The first kappa shape index (κ1) is 29.4. The minimum Gasteiger partial charge on any atom is -0.166 e. The fourth-order valence-electron chi connectivity index (χ4n) is 5.34. The molecule has 4 aromatic rings. The SMILES string of the molecule is CC(C)Cc1ccc(-c2cccc(CC(C)C(c3cccc(C(F)(F)F)c3)c3cccc(C(F)(F)F)c3)c2)cc1. The number of alkyl halides is 6. The first-order chi connectivity index (χ1) is 18.8. The van der Waals surface area contributed by atoms with Crippen molar-refractivity contribution in [2.45, 2.75) is 51.9 Å². The zero-order valence-corrected chi connectivity index (χ0v) is 22.7. The van der Waals surface area contributed by atoms with Crippen LogP contribution in [-0.4, -0.2) is 0 Å². The van der Waals surface area contributed by atoms with Gasteiger partial charge in [0.2, 0.25) is 0 Å². The molecule has 0 bridgehead atoms. The largest absolute Gasteiger partial charge is 0.416 e. The third-order valence-corrected chi connectivity index (χ3v) is 7.13. The molecule has 4 aromatic carbocycles. The molecule has 0 fully saturated rings. The molecule has 0 saturated carbocycles. The average Bonchev–Trinajstić information content (AvgIpc) is 2.88. The number of hydrogen-bond acceptors (Lipinski definition) is 0. The molecule has 0 spiro atoms. The van der Waals surface area contributed by atoms with Gasteiger partial charge in [-0.3, -0.25) is 0 Å². The van der Waals surface area contributed by atoms with Gasteiger partial charge in [-0.15, -0.1) is 0 Å². The first-order valence-electron chi connectivity index (χ1n) is 13.3. The summed E-state index contributed by atoms with van der Waals surface area (Å²) in [6.07, 6.45) is -7.66. The Labute approximate surface area is 231 Å². The van der Waals surface area contributed by atoms with Crippen molar-refractivity contribution in [1.82, 2.24) is 0 Å². The summed E-state index contributed by atoms with van der Waals surface area (Å²) < 4.78 is 81.3. The van der Waals surface area contributed by atoms with Crippen LogP contribution >= 0.6 is 0 Å². The molecule has 0 aromatic heterocycles. The van der Waals surface area contributed by atoms with E-state index in [2.05, 4.69) is 38.1 Å². The van der Waals surface area contributed by atoms with E-state index in [0.29, 0.717) is 23.5 Å². The minimum atomic E-state index is -4.56. The molecule has 0 amide bonds. The van der Waals surface area contributed by atoms with E-state index < -0.39 is 29.4 Å². The summed E-state index contributed by atoms with van der Waals surface area (Å²) in [6, 6.07) is 26.1. The molecule has 0 heterocycles. The van der Waals surface area contributed by atoms with Crippen LogP contribution in [0.3, 0.4) is 0 Å². The van der Waals surface area contributed by atoms with Crippen LogP contribution in [0.2, 0.25) is 0 Å². The topological polar surface area (TPSA) is 0 Å². The third kappa shape index (κ3) is 7.35. The van der Waals surface area contributed by atoms with E-state index in [9.17, 15) is 26.3 Å². The molecule has 4 rings (SSSR count). The van der Waals surface area contributed by atoms with Gasteiger partial charge in [0.1, 0.15) is 0 Å². The third-order valence-electron chi connectivity index (χ3n) is 7.13. The van der Waals surface area contributed by atoms with Crippen LogP contribution in [0.5, 0.6) is 0 Å². The van der Waals surface area contributed by atoms with Crippen LogP contribution in [0.1, 0.15) is 60.1 Å². The van der Waals surface area contributed by atoms with E-state index in [1.165, 1.54) is 17.7 Å². The Bertz CT molecular complexity index is 1360. The predicted molar refractivity (Wildman–Crippen MR) is 148 cm³/mol. The molecule has 0 radical (unpaired) electrons. The molecule has 210 valence electrons. The summed E-state index contributed by atoms with van der Waals surface area (Å²) >= 11 is 0. The summed E-state index contributed by atoms with van der Waals surface area (Å²) in [5.74, 6) is -0.420. The van der Waals surface area contributed by atoms with Crippen LogP contribution in [0.4, 0.5) is 26.3 Å². The highest BCUT2D eigenvalue weighted by atomic mass is 19.4. The molecular weight excluding hydrogens is 522 g/mol. The molecule has 1 unspecified atom stereocenters. The van der Waals surface area contributed by atoms with Gasteiger partial charge in [-0.25, -0.2) is 0 Å². The van der Waals surface area contributed by atoms with Gasteiger partial charge in [0.05, 0.1) is 11.1 Å². The van der Waals surface area contributed by atoms with Crippen molar-refractivity contribution >= 4 is 0 Å². The molecular formula is C34H32F6. The Morgan fingerprint density at radius 2 is 1.05 bits per heavy atom. The smallest absolute Gasteiger partial charge is 0.166 e. The predicted octanol–water partition coefficient (Wildman–Crippen LogP) is 10.6. The molecule has 6 heteroatoms. The van der Waals surface area contributed by atoms with E-state index in [0.717, 1.165) is 47.4 Å². The number of benzene rings is 4. The van der Waals surface area contributed by atoms with Crippen LogP contribution in [0, 0.1) is 11.8 Å². The lowest BCUT2D eigenvalue weighted by Crippen LogP contribution is -2.16. The lowest BCUT2D eigenvalue weighted by atomic mass is 9.78. The van der Waals surface area contributed by atoms with Crippen molar-refractivity contribution in [3.05, 3.63) is 130 Å². The molecule has 0 nitrogen and oxygen atoms in total. The quantitative estimate of drug-likeness (QED) is 0.190. The van der Waals surface area contributed by atoms with E-state index in [1.54, 1.807) is 12.1 Å². The standard InChI is InChI=1S/C34H32F6/c1-22(2)17-24-13-15-26(16-14-24)27-8-4-7-25(19-27)18-23(3)32(28-9-5-11-30(20-28)33(35,36)37)29-10-6-12-31(21-29)34(38,39)40/h4-16,19-23,32H,17-18H2,1-3H3. The second-order valence-corrected chi connectivity index (χ2v) is 10.9. The minimum absolute atomic E-state index is 0.296. The van der Waals surface area contributed by atoms with Crippen molar-refractivity contribution in [3.63, 3.8) is 0 Å². The maximum atomic E-state index is 13.5. The highest BCUT2D eigenvalue weighted by molar-refractivity contribution is 5.64. The highest BCUT2D eigenvalue weighted by Gasteiger charge is 2.34. The van der Waals surface area contributed by atoms with E-state index in [4.69, 9.17) is 0 Å². The Hall–Kier alpha value is -3.54. The Balaban J connectivity index is 1.68. The lowest BCUT2D eigenvalue weighted by Gasteiger charge is -2.27. The van der Waals surface area contributed by atoms with Crippen LogP contribution < -0.4 is 0 Å². The molecule has 0 aliphatic rings. The average molecular weight is 555 g/mol. The van der Waals surface area contributed by atoms with E-state index >= 15 is 0 Å². The summed E-state index contributed by atoms with van der Waals surface area (Å²) in [6.45, 7) is 6.22. The Morgan fingerprint density at radius 3 is 1.55 bits per heavy atom. The van der Waals surface area contributed by atoms with Crippen LogP contribution in [0.25, 0.3) is 11.1 Å². The molecule has 0 N–H and O–H groups in total. The van der Waals surface area contributed by atoms with Crippen molar-refractivity contribution < 1.29 is 26.3 Å². The van der Waals surface area contributed by atoms with Gasteiger partial charge in [0.15, 0.2) is 0 Å². The molecule has 0 saturated heterocycles. The highest BCUT2D eigenvalue weighted by Crippen LogP contribution is 2.40. The van der Waals surface area contributed by atoms with Gasteiger partial charge >= 0.3 is 12.4 Å². The van der Waals surface area contributed by atoms with Crippen molar-refractivity contribution in [1.29, 1.82) is 0 Å². The molecule has 0 aliphatic heterocycles. The van der Waals surface area contributed by atoms with Crippen molar-refractivity contribution in [3.8, 4) is 11.1 Å². The van der Waals surface area contributed by atoms with Gasteiger partial charge in [-0.2, -0.15) is 26.3 Å². The molecule has 1 atom stereocenters. The zero-order valence-electron chi connectivity index (χ0n) is 22.7. The fraction of sp³-hybridized carbons (Fsp3) is 0.294. The normalized spacial score (nSPS) is 13.2. The van der Waals surface area contributed by atoms with Gasteiger partial charge < -0.3 is 0 Å². The number of hydrogen-bond donors (Lipinski definition) is 0. The van der Waals surface area contributed by atoms with E-state index in [1.807, 2.05) is 31.2 Å². The molecule has 40 heavy (non-hydrogen) atoms. The fourth-order valence-corrected chi connectivity index (χ4v) is 5.34. The monoisotopic (exact) mass is 554 g/mol. The van der Waals surface area contributed by atoms with Crippen LogP contribution in [0.15, 0.2) is 97.1 Å². The summed E-state index contributed by atoms with van der Waals surface area (Å²) in [4.78, 5) is 0. The molecule has 0 aliphatic carbocycles. The maximum Gasteiger partial charge on any atom is 0.416 e. The van der Waals surface area contributed by atoms with Gasteiger partial charge in [-0.05, 0) is 70.2 Å². The second kappa shape index (κ2) is 11.9. The number of rotatable bonds is 8. The maximum absolute atomic E-state index is 13.5. The summed E-state index contributed by atoms with van der Waals surface area (Å²) in [7, 11) is 0.